The number of rotatable bonds is 3. The molecule has 1 aromatic heterocycles. The van der Waals surface area contributed by atoms with Crippen molar-refractivity contribution in [2.45, 2.75) is 31.3 Å². The van der Waals surface area contributed by atoms with Crippen LogP contribution in [-0.4, -0.2) is 30.0 Å². The molecule has 0 amide bonds. The lowest BCUT2D eigenvalue weighted by Gasteiger charge is -2.17. The maximum Gasteiger partial charge on any atom is 0.339 e. The molecule has 1 unspecified atom stereocenters. The Kier molecular flexibility index (Phi) is 3.74. The normalized spacial score (nSPS) is 13.4. The molecule has 5 nitrogen and oxygen atoms in total. The number of carboxylic acid groups (broad SMARTS) is 1. The standard InChI is InChI=1S/C10H14N2O3S/c1-10(2,3)16(15)5-8-7(9(13)14)4-11-6-12-8/h4,6H,5H2,1-3H3,(H,13,14). The van der Waals surface area contributed by atoms with Crippen molar-refractivity contribution in [2.24, 2.45) is 0 Å². The largest absolute Gasteiger partial charge is 0.478 e. The summed E-state index contributed by atoms with van der Waals surface area (Å²) in [6.45, 7) is 5.51. The summed E-state index contributed by atoms with van der Waals surface area (Å²) in [6.07, 6.45) is 2.49. The Balaban J connectivity index is 2.98. The predicted molar refractivity (Wildman–Crippen MR) is 60.6 cm³/mol. The summed E-state index contributed by atoms with van der Waals surface area (Å²) in [5.74, 6) is -0.963. The lowest BCUT2D eigenvalue weighted by atomic mass is 10.2. The number of carboxylic acids is 1. The van der Waals surface area contributed by atoms with Crippen LogP contribution >= 0.6 is 0 Å². The first kappa shape index (κ1) is 12.8. The second-order valence-corrected chi connectivity index (χ2v) is 6.49. The second kappa shape index (κ2) is 4.69. The molecule has 88 valence electrons. The van der Waals surface area contributed by atoms with Gasteiger partial charge in [-0.25, -0.2) is 14.8 Å². The van der Waals surface area contributed by atoms with Crippen LogP contribution in [-0.2, 0) is 16.6 Å². The molecule has 0 saturated heterocycles. The molecule has 1 aromatic rings. The van der Waals surface area contributed by atoms with Crippen LogP contribution in [0.4, 0.5) is 0 Å². The first-order chi connectivity index (χ1) is 7.32. The van der Waals surface area contributed by atoms with Crippen LogP contribution in [0, 0.1) is 0 Å². The van der Waals surface area contributed by atoms with Crippen molar-refractivity contribution in [3.63, 3.8) is 0 Å². The maximum atomic E-state index is 11.9. The van der Waals surface area contributed by atoms with Gasteiger partial charge in [0, 0.05) is 21.7 Å². The number of hydrogen-bond acceptors (Lipinski definition) is 4. The summed E-state index contributed by atoms with van der Waals surface area (Å²) >= 11 is 0. The molecule has 1 N–H and O–H groups in total. The molecule has 0 bridgehead atoms. The molecule has 1 heterocycles. The van der Waals surface area contributed by atoms with Crippen molar-refractivity contribution in [1.29, 1.82) is 0 Å². The molecule has 1 atom stereocenters. The van der Waals surface area contributed by atoms with Gasteiger partial charge in [-0.05, 0) is 20.8 Å². The fourth-order valence-corrected chi connectivity index (χ4v) is 1.90. The van der Waals surface area contributed by atoms with Crippen LogP contribution in [0.15, 0.2) is 12.5 Å². The Morgan fingerprint density at radius 2 is 2.12 bits per heavy atom. The summed E-state index contributed by atoms with van der Waals surface area (Å²) in [6, 6.07) is 0. The van der Waals surface area contributed by atoms with Crippen molar-refractivity contribution in [2.75, 3.05) is 0 Å². The van der Waals surface area contributed by atoms with E-state index in [-0.39, 0.29) is 16.1 Å². The molecular weight excluding hydrogens is 228 g/mol. The van der Waals surface area contributed by atoms with Crippen LogP contribution in [0.5, 0.6) is 0 Å². The van der Waals surface area contributed by atoms with Gasteiger partial charge in [0.1, 0.15) is 11.9 Å². The van der Waals surface area contributed by atoms with E-state index in [2.05, 4.69) is 9.97 Å². The van der Waals surface area contributed by atoms with E-state index in [4.69, 9.17) is 5.11 Å². The van der Waals surface area contributed by atoms with Crippen LogP contribution in [0.2, 0.25) is 0 Å². The molecule has 0 aromatic carbocycles. The van der Waals surface area contributed by atoms with Gasteiger partial charge in [0.15, 0.2) is 0 Å². The Bertz CT molecular complexity index is 426. The van der Waals surface area contributed by atoms with E-state index in [9.17, 15) is 9.00 Å². The first-order valence-corrected chi connectivity index (χ1v) is 6.05. The summed E-state index contributed by atoms with van der Waals surface area (Å²) in [7, 11) is -1.17. The van der Waals surface area contributed by atoms with Gasteiger partial charge in [0.25, 0.3) is 0 Å². The van der Waals surface area contributed by atoms with E-state index in [1.807, 2.05) is 20.8 Å². The van der Waals surface area contributed by atoms with Crippen LogP contribution in [0.3, 0.4) is 0 Å². The minimum absolute atomic E-state index is 0.0140. The zero-order valence-electron chi connectivity index (χ0n) is 9.43. The Morgan fingerprint density at radius 3 is 2.62 bits per heavy atom. The summed E-state index contributed by atoms with van der Waals surface area (Å²) < 4.78 is 11.5. The smallest absolute Gasteiger partial charge is 0.339 e. The van der Waals surface area contributed by atoms with E-state index >= 15 is 0 Å². The minimum Gasteiger partial charge on any atom is -0.478 e. The Hall–Kier alpha value is -1.30. The quantitative estimate of drug-likeness (QED) is 0.862. The van der Waals surface area contributed by atoms with Crippen molar-refractivity contribution < 1.29 is 14.1 Å². The number of aromatic nitrogens is 2. The highest BCUT2D eigenvalue weighted by Crippen LogP contribution is 2.16. The van der Waals surface area contributed by atoms with Gasteiger partial charge in [-0.1, -0.05) is 0 Å². The Labute approximate surface area is 96.4 Å². The van der Waals surface area contributed by atoms with Gasteiger partial charge in [-0.3, -0.25) is 4.21 Å². The van der Waals surface area contributed by atoms with Gasteiger partial charge in [0.05, 0.1) is 11.4 Å². The molecule has 0 aliphatic rings. The van der Waals surface area contributed by atoms with Gasteiger partial charge in [0.2, 0.25) is 0 Å². The van der Waals surface area contributed by atoms with Gasteiger partial charge in [-0.15, -0.1) is 0 Å². The molecule has 0 fully saturated rings. The van der Waals surface area contributed by atoms with Gasteiger partial charge >= 0.3 is 5.97 Å². The number of nitrogens with zero attached hydrogens (tertiary/aromatic N) is 2. The number of aromatic carboxylic acids is 1. The van der Waals surface area contributed by atoms with E-state index in [0.29, 0.717) is 5.69 Å². The SMILES string of the molecule is CC(C)(C)S(=O)Cc1ncncc1C(=O)O. The topological polar surface area (TPSA) is 80.2 Å². The third kappa shape index (κ3) is 3.10. The number of hydrogen-bond donors (Lipinski definition) is 1. The molecule has 6 heteroatoms. The minimum atomic E-state index is -1.17. The highest BCUT2D eigenvalue weighted by molar-refractivity contribution is 7.85. The summed E-state index contributed by atoms with van der Waals surface area (Å²) in [5.41, 5.74) is 0.329. The van der Waals surface area contributed by atoms with E-state index in [0.717, 1.165) is 0 Å². The van der Waals surface area contributed by atoms with Crippen LogP contribution in [0.25, 0.3) is 0 Å². The summed E-state index contributed by atoms with van der Waals surface area (Å²) in [5, 5.41) is 8.90. The molecule has 16 heavy (non-hydrogen) atoms. The van der Waals surface area contributed by atoms with Gasteiger partial charge < -0.3 is 5.11 Å². The number of carbonyl (C=O) groups is 1. The molecule has 0 aliphatic carbocycles. The fourth-order valence-electron chi connectivity index (χ4n) is 0.989. The maximum absolute atomic E-state index is 11.9. The average Bonchev–Trinajstić information content (AvgIpc) is 2.16. The first-order valence-electron chi connectivity index (χ1n) is 4.73. The molecule has 0 saturated carbocycles. The molecule has 1 rings (SSSR count). The predicted octanol–water partition coefficient (Wildman–Crippen LogP) is 1.22. The third-order valence-electron chi connectivity index (χ3n) is 1.98. The van der Waals surface area contributed by atoms with Crippen LogP contribution in [0.1, 0.15) is 36.8 Å². The Morgan fingerprint density at radius 1 is 1.50 bits per heavy atom. The monoisotopic (exact) mass is 242 g/mol. The fraction of sp³-hybridized carbons (Fsp3) is 0.500. The van der Waals surface area contributed by atoms with Crippen LogP contribution < -0.4 is 0 Å². The van der Waals surface area contributed by atoms with E-state index < -0.39 is 16.8 Å². The highest BCUT2D eigenvalue weighted by atomic mass is 32.2. The van der Waals surface area contributed by atoms with Crippen molar-refractivity contribution >= 4 is 16.8 Å². The zero-order chi connectivity index (χ0) is 12.3. The summed E-state index contributed by atoms with van der Waals surface area (Å²) in [4.78, 5) is 18.4. The van der Waals surface area contributed by atoms with E-state index in [1.165, 1.54) is 12.5 Å². The van der Waals surface area contributed by atoms with Crippen molar-refractivity contribution in [3.8, 4) is 0 Å². The molecule has 0 spiro atoms. The second-order valence-electron chi connectivity index (χ2n) is 4.29. The molecular formula is C10H14N2O3S. The van der Waals surface area contributed by atoms with Gasteiger partial charge in [-0.2, -0.15) is 0 Å². The zero-order valence-corrected chi connectivity index (χ0v) is 10.2. The van der Waals surface area contributed by atoms with Crippen molar-refractivity contribution in [1.82, 2.24) is 9.97 Å². The van der Waals surface area contributed by atoms with Crippen molar-refractivity contribution in [3.05, 3.63) is 23.8 Å². The lowest BCUT2D eigenvalue weighted by Crippen LogP contribution is -2.24. The molecule has 0 radical (unpaired) electrons. The lowest BCUT2D eigenvalue weighted by molar-refractivity contribution is 0.0695. The highest BCUT2D eigenvalue weighted by Gasteiger charge is 2.22. The molecule has 0 aliphatic heterocycles. The van der Waals surface area contributed by atoms with E-state index in [1.54, 1.807) is 0 Å². The average molecular weight is 242 g/mol. The third-order valence-corrected chi connectivity index (χ3v) is 3.88.